The van der Waals surface area contributed by atoms with Gasteiger partial charge in [-0.3, -0.25) is 19.2 Å². The van der Waals surface area contributed by atoms with Gasteiger partial charge in [0.2, 0.25) is 17.7 Å². The molecule has 3 amide bonds. The molecule has 2 aromatic rings. The lowest BCUT2D eigenvalue weighted by molar-refractivity contribution is -0.142. The number of rotatable bonds is 14. The van der Waals surface area contributed by atoms with E-state index < -0.39 is 53.8 Å². The van der Waals surface area contributed by atoms with Gasteiger partial charge in [0.1, 0.15) is 18.1 Å². The number of nitrogens with one attached hydrogen (secondary N) is 5. The number of aliphatic carboxylic acids is 2. The first-order valence-corrected chi connectivity index (χ1v) is 12.3. The third-order valence-corrected chi connectivity index (χ3v) is 6.17. The number of hydrogen-bond acceptors (Lipinski definition) is 7. The first-order chi connectivity index (χ1) is 18.2. The maximum atomic E-state index is 13.2. The predicted molar refractivity (Wildman–Crippen MR) is 134 cm³/mol. The number of amides is 3. The molecule has 13 nitrogen and oxygen atoms in total. The average Bonchev–Trinajstić information content (AvgIpc) is 3.60. The molecule has 1 fully saturated rings. The van der Waals surface area contributed by atoms with Crippen LogP contribution in [0.1, 0.15) is 36.9 Å². The fraction of sp³-hybridized carbons (Fsp3) is 0.440. The fourth-order valence-electron chi connectivity index (χ4n) is 4.14. The van der Waals surface area contributed by atoms with Gasteiger partial charge in [0.05, 0.1) is 12.4 Å². The second kappa shape index (κ2) is 13.9. The number of nitrogens with zero attached hydrogens (tertiary/aromatic N) is 1. The largest absolute Gasteiger partial charge is 0.481 e. The van der Waals surface area contributed by atoms with Crippen LogP contribution in [0.5, 0.6) is 0 Å². The number of imidazole rings is 1. The van der Waals surface area contributed by atoms with E-state index in [1.54, 1.807) is 30.3 Å². The molecule has 4 atom stereocenters. The van der Waals surface area contributed by atoms with E-state index in [1.165, 1.54) is 12.5 Å². The smallest absolute Gasteiger partial charge is 0.326 e. The van der Waals surface area contributed by atoms with Crippen molar-refractivity contribution in [2.75, 3.05) is 6.54 Å². The third kappa shape index (κ3) is 8.69. The topological polar surface area (TPSA) is 203 Å². The van der Waals surface area contributed by atoms with Crippen molar-refractivity contribution in [1.29, 1.82) is 0 Å². The summed E-state index contributed by atoms with van der Waals surface area (Å²) in [6.07, 6.45) is 3.64. The summed E-state index contributed by atoms with van der Waals surface area (Å²) in [4.78, 5) is 68.8. The van der Waals surface area contributed by atoms with Crippen LogP contribution < -0.4 is 21.3 Å². The zero-order valence-corrected chi connectivity index (χ0v) is 20.7. The second-order valence-corrected chi connectivity index (χ2v) is 9.07. The van der Waals surface area contributed by atoms with Gasteiger partial charge in [-0.2, -0.15) is 0 Å². The lowest BCUT2D eigenvalue weighted by atomic mass is 10.0. The quantitative estimate of drug-likeness (QED) is 0.166. The number of aromatic amines is 1. The van der Waals surface area contributed by atoms with Gasteiger partial charge in [0.15, 0.2) is 0 Å². The minimum atomic E-state index is -1.26. The molecular formula is C25H32N6O7. The van der Waals surface area contributed by atoms with Gasteiger partial charge in [-0.15, -0.1) is 0 Å². The van der Waals surface area contributed by atoms with Gasteiger partial charge >= 0.3 is 11.9 Å². The normalized spacial score (nSPS) is 17.1. The van der Waals surface area contributed by atoms with Crippen LogP contribution >= 0.6 is 0 Å². The van der Waals surface area contributed by atoms with Gasteiger partial charge < -0.3 is 36.5 Å². The van der Waals surface area contributed by atoms with Crippen molar-refractivity contribution in [1.82, 2.24) is 31.2 Å². The van der Waals surface area contributed by atoms with E-state index in [0.717, 1.165) is 6.42 Å². The average molecular weight is 529 g/mol. The zero-order valence-electron chi connectivity index (χ0n) is 20.7. The molecule has 0 bridgehead atoms. The van der Waals surface area contributed by atoms with Gasteiger partial charge in [-0.25, -0.2) is 9.78 Å². The Morgan fingerprint density at radius 3 is 2.26 bits per heavy atom. The van der Waals surface area contributed by atoms with Crippen LogP contribution in [0.2, 0.25) is 0 Å². The first kappa shape index (κ1) is 28.3. The minimum Gasteiger partial charge on any atom is -0.481 e. The molecule has 2 heterocycles. The highest BCUT2D eigenvalue weighted by atomic mass is 16.4. The van der Waals surface area contributed by atoms with Gasteiger partial charge in [0.25, 0.3) is 0 Å². The lowest BCUT2D eigenvalue weighted by Gasteiger charge is -2.25. The Kier molecular flexibility index (Phi) is 10.3. The Bertz CT molecular complexity index is 1100. The molecule has 0 spiro atoms. The van der Waals surface area contributed by atoms with E-state index in [-0.39, 0.29) is 25.7 Å². The van der Waals surface area contributed by atoms with Crippen LogP contribution in [0.25, 0.3) is 0 Å². The van der Waals surface area contributed by atoms with Crippen LogP contribution in [-0.2, 0) is 36.8 Å². The van der Waals surface area contributed by atoms with Crippen LogP contribution in [-0.4, -0.2) is 80.6 Å². The van der Waals surface area contributed by atoms with Crippen molar-refractivity contribution in [3.63, 3.8) is 0 Å². The second-order valence-electron chi connectivity index (χ2n) is 9.07. The Balaban J connectivity index is 1.74. The maximum Gasteiger partial charge on any atom is 0.326 e. The molecular weight excluding hydrogens is 496 g/mol. The first-order valence-electron chi connectivity index (χ1n) is 12.3. The van der Waals surface area contributed by atoms with E-state index in [4.69, 9.17) is 5.11 Å². The molecule has 1 aromatic carbocycles. The van der Waals surface area contributed by atoms with E-state index in [2.05, 4.69) is 31.2 Å². The van der Waals surface area contributed by atoms with E-state index in [1.807, 2.05) is 0 Å². The zero-order chi connectivity index (χ0) is 27.5. The predicted octanol–water partition coefficient (Wildman–Crippen LogP) is -0.649. The summed E-state index contributed by atoms with van der Waals surface area (Å²) in [7, 11) is 0. The van der Waals surface area contributed by atoms with Gasteiger partial charge in [-0.05, 0) is 31.4 Å². The van der Waals surface area contributed by atoms with Gasteiger partial charge in [0, 0.05) is 31.2 Å². The molecule has 1 aromatic heterocycles. The standard InChI is InChI=1S/C25H32N6O7/c32-21(33)9-8-18(29-22(34)17-7-4-10-27-17)23(35)30-19(12-16-13-26-14-28-16)24(36)31-20(25(37)38)11-15-5-2-1-3-6-15/h1-3,5-6,13-14,17-20,27H,4,7-12H2,(H,26,28)(H,29,34)(H,30,35)(H,31,36)(H,32,33)(H,37,38). The molecule has 1 saturated heterocycles. The Hall–Kier alpha value is -4.26. The highest BCUT2D eigenvalue weighted by molar-refractivity contribution is 5.94. The Labute approximate surface area is 218 Å². The molecule has 4 unspecified atom stereocenters. The molecule has 3 rings (SSSR count). The number of H-pyrrole nitrogens is 1. The summed E-state index contributed by atoms with van der Waals surface area (Å²) < 4.78 is 0. The molecule has 13 heteroatoms. The lowest BCUT2D eigenvalue weighted by Crippen LogP contribution is -2.57. The van der Waals surface area contributed by atoms with Crippen LogP contribution in [0, 0.1) is 0 Å². The summed E-state index contributed by atoms with van der Waals surface area (Å²) in [5.74, 6) is -4.34. The summed E-state index contributed by atoms with van der Waals surface area (Å²) >= 11 is 0. The van der Waals surface area contributed by atoms with E-state index in [9.17, 15) is 29.1 Å². The summed E-state index contributed by atoms with van der Waals surface area (Å²) in [6, 6.07) is 4.58. The molecule has 7 N–H and O–H groups in total. The van der Waals surface area contributed by atoms with Crippen molar-refractivity contribution in [3.05, 3.63) is 54.1 Å². The molecule has 0 radical (unpaired) electrons. The molecule has 1 aliphatic heterocycles. The summed E-state index contributed by atoms with van der Waals surface area (Å²) in [5.41, 5.74) is 1.20. The molecule has 0 saturated carbocycles. The minimum absolute atomic E-state index is 0.0261. The Morgan fingerprint density at radius 2 is 1.66 bits per heavy atom. The summed E-state index contributed by atoms with van der Waals surface area (Å²) in [5, 5.41) is 29.4. The monoisotopic (exact) mass is 528 g/mol. The SMILES string of the molecule is O=C(O)CCC(NC(=O)C1CCCN1)C(=O)NC(Cc1cnc[nH]1)C(=O)NC(Cc1ccccc1)C(=O)O. The molecule has 38 heavy (non-hydrogen) atoms. The number of carbonyl (C=O) groups excluding carboxylic acids is 3. The Morgan fingerprint density at radius 1 is 0.947 bits per heavy atom. The number of carbonyl (C=O) groups is 5. The number of carboxylic acid groups (broad SMARTS) is 2. The van der Waals surface area contributed by atoms with Crippen molar-refractivity contribution >= 4 is 29.7 Å². The van der Waals surface area contributed by atoms with E-state index in [0.29, 0.717) is 24.2 Å². The molecule has 204 valence electrons. The molecule has 1 aliphatic rings. The highest BCUT2D eigenvalue weighted by Gasteiger charge is 2.32. The van der Waals surface area contributed by atoms with Crippen molar-refractivity contribution in [3.8, 4) is 0 Å². The maximum absolute atomic E-state index is 13.2. The van der Waals surface area contributed by atoms with Gasteiger partial charge in [-0.1, -0.05) is 30.3 Å². The van der Waals surface area contributed by atoms with Crippen LogP contribution in [0.4, 0.5) is 0 Å². The fourth-order valence-corrected chi connectivity index (χ4v) is 4.14. The highest BCUT2D eigenvalue weighted by Crippen LogP contribution is 2.09. The van der Waals surface area contributed by atoms with Crippen molar-refractivity contribution < 1.29 is 34.2 Å². The van der Waals surface area contributed by atoms with Crippen molar-refractivity contribution in [2.45, 2.75) is 62.7 Å². The summed E-state index contributed by atoms with van der Waals surface area (Å²) in [6.45, 7) is 0.657. The number of hydrogen-bond donors (Lipinski definition) is 7. The number of aromatic nitrogens is 2. The number of carboxylic acids is 2. The van der Waals surface area contributed by atoms with Crippen LogP contribution in [0.15, 0.2) is 42.9 Å². The number of benzene rings is 1. The van der Waals surface area contributed by atoms with Crippen molar-refractivity contribution in [2.24, 2.45) is 0 Å². The van der Waals surface area contributed by atoms with Crippen LogP contribution in [0.3, 0.4) is 0 Å². The molecule has 0 aliphatic carbocycles. The third-order valence-electron chi connectivity index (χ3n) is 6.17. The van der Waals surface area contributed by atoms with E-state index >= 15 is 0 Å².